The van der Waals surface area contributed by atoms with Crippen molar-refractivity contribution in [3.8, 4) is 0 Å². The third-order valence-corrected chi connectivity index (χ3v) is 2.96. The Kier molecular flexibility index (Phi) is 3.24. The number of hydrogen-bond acceptors (Lipinski definition) is 4. The van der Waals surface area contributed by atoms with Crippen molar-refractivity contribution in [1.82, 2.24) is 4.98 Å². The number of carboxylic acids is 1. The predicted octanol–water partition coefficient (Wildman–Crippen LogP) is 1.58. The minimum absolute atomic E-state index is 0.0933. The molecule has 1 aromatic heterocycles. The number of hydrogen-bond donors (Lipinski definition) is 1. The van der Waals surface area contributed by atoms with Gasteiger partial charge in [-0.05, 0) is 18.8 Å². The largest absolute Gasteiger partial charge is 0.481 e. The summed E-state index contributed by atoms with van der Waals surface area (Å²) in [5.74, 6) is -0.800. The number of rotatable bonds is 3. The minimum atomic E-state index is -0.833. The lowest BCUT2D eigenvalue weighted by Gasteiger charge is -2.26. The summed E-state index contributed by atoms with van der Waals surface area (Å²) in [4.78, 5) is 15.4. The van der Waals surface area contributed by atoms with Crippen LogP contribution in [0, 0.1) is 12.8 Å². The lowest BCUT2D eigenvalue weighted by atomic mass is 9.84. The summed E-state index contributed by atoms with van der Waals surface area (Å²) in [7, 11) is 0. The van der Waals surface area contributed by atoms with Gasteiger partial charge in [-0.3, -0.25) is 4.79 Å². The Bertz CT molecular complexity index is 368. The molecule has 1 aliphatic rings. The van der Waals surface area contributed by atoms with Gasteiger partial charge in [0.1, 0.15) is 12.2 Å². The van der Waals surface area contributed by atoms with E-state index in [9.17, 15) is 9.90 Å². The number of aliphatic carboxylic acids is 1. The van der Waals surface area contributed by atoms with Crippen LogP contribution in [0.2, 0.25) is 0 Å². The SMILES string of the molecule is Cc1nc(C(C(=O)O)C2CCOCC2)co1. The van der Waals surface area contributed by atoms with Crippen LogP contribution in [-0.4, -0.2) is 29.3 Å². The van der Waals surface area contributed by atoms with Gasteiger partial charge in [0, 0.05) is 20.1 Å². The van der Waals surface area contributed by atoms with Gasteiger partial charge in [0.2, 0.25) is 0 Å². The molecule has 5 nitrogen and oxygen atoms in total. The van der Waals surface area contributed by atoms with Crippen LogP contribution >= 0.6 is 0 Å². The summed E-state index contributed by atoms with van der Waals surface area (Å²) >= 11 is 0. The molecule has 16 heavy (non-hydrogen) atoms. The van der Waals surface area contributed by atoms with E-state index in [4.69, 9.17) is 9.15 Å². The summed E-state index contributed by atoms with van der Waals surface area (Å²) in [5, 5.41) is 9.27. The number of nitrogens with zero attached hydrogens (tertiary/aromatic N) is 1. The molecule has 2 rings (SSSR count). The zero-order chi connectivity index (χ0) is 11.5. The van der Waals surface area contributed by atoms with Gasteiger partial charge in [-0.1, -0.05) is 0 Å². The smallest absolute Gasteiger partial charge is 0.313 e. The number of aromatic nitrogens is 1. The van der Waals surface area contributed by atoms with Gasteiger partial charge in [-0.25, -0.2) is 4.98 Å². The lowest BCUT2D eigenvalue weighted by molar-refractivity contribution is -0.141. The molecule has 1 atom stereocenters. The van der Waals surface area contributed by atoms with Gasteiger partial charge in [0.05, 0.1) is 5.69 Å². The van der Waals surface area contributed by atoms with E-state index in [2.05, 4.69) is 4.98 Å². The monoisotopic (exact) mass is 225 g/mol. The van der Waals surface area contributed by atoms with Crippen LogP contribution in [0.25, 0.3) is 0 Å². The van der Waals surface area contributed by atoms with Crippen molar-refractivity contribution in [2.24, 2.45) is 5.92 Å². The van der Waals surface area contributed by atoms with Crippen molar-refractivity contribution in [1.29, 1.82) is 0 Å². The van der Waals surface area contributed by atoms with Gasteiger partial charge in [0.25, 0.3) is 0 Å². The van der Waals surface area contributed by atoms with Crippen molar-refractivity contribution in [3.63, 3.8) is 0 Å². The summed E-state index contributed by atoms with van der Waals surface area (Å²) < 4.78 is 10.3. The molecular formula is C11H15NO4. The van der Waals surface area contributed by atoms with Crippen LogP contribution in [-0.2, 0) is 9.53 Å². The van der Waals surface area contributed by atoms with Crippen LogP contribution in [0.1, 0.15) is 30.3 Å². The Morgan fingerprint density at radius 1 is 1.56 bits per heavy atom. The van der Waals surface area contributed by atoms with Crippen LogP contribution in [0.4, 0.5) is 0 Å². The highest BCUT2D eigenvalue weighted by atomic mass is 16.5. The second-order valence-corrected chi connectivity index (χ2v) is 4.06. The van der Waals surface area contributed by atoms with Gasteiger partial charge < -0.3 is 14.3 Å². The molecule has 1 unspecified atom stereocenters. The average molecular weight is 225 g/mol. The van der Waals surface area contributed by atoms with Crippen molar-refractivity contribution in [2.75, 3.05) is 13.2 Å². The second-order valence-electron chi connectivity index (χ2n) is 4.06. The molecule has 0 saturated carbocycles. The predicted molar refractivity (Wildman–Crippen MR) is 55.2 cm³/mol. The molecular weight excluding hydrogens is 210 g/mol. The number of ether oxygens (including phenoxy) is 1. The molecule has 5 heteroatoms. The molecule has 0 radical (unpaired) electrons. The van der Waals surface area contributed by atoms with Crippen molar-refractivity contribution < 1.29 is 19.1 Å². The molecule has 1 aliphatic heterocycles. The number of carboxylic acid groups (broad SMARTS) is 1. The zero-order valence-electron chi connectivity index (χ0n) is 9.18. The maximum Gasteiger partial charge on any atom is 0.313 e. The Morgan fingerprint density at radius 2 is 2.25 bits per heavy atom. The normalized spacial score (nSPS) is 19.6. The van der Waals surface area contributed by atoms with Gasteiger partial charge >= 0.3 is 5.97 Å². The van der Waals surface area contributed by atoms with Crippen molar-refractivity contribution >= 4 is 5.97 Å². The minimum Gasteiger partial charge on any atom is -0.481 e. The average Bonchev–Trinajstić information content (AvgIpc) is 2.66. The topological polar surface area (TPSA) is 72.6 Å². The van der Waals surface area contributed by atoms with E-state index in [0.717, 1.165) is 12.8 Å². The van der Waals surface area contributed by atoms with Crippen LogP contribution < -0.4 is 0 Å². The quantitative estimate of drug-likeness (QED) is 0.845. The first-order valence-electron chi connectivity index (χ1n) is 5.41. The molecule has 2 heterocycles. The fourth-order valence-corrected chi connectivity index (χ4v) is 2.14. The van der Waals surface area contributed by atoms with E-state index < -0.39 is 11.9 Å². The summed E-state index contributed by atoms with van der Waals surface area (Å²) in [6.07, 6.45) is 2.98. The third-order valence-electron chi connectivity index (χ3n) is 2.96. The first-order chi connectivity index (χ1) is 7.68. The Morgan fingerprint density at radius 3 is 2.75 bits per heavy atom. The van der Waals surface area contributed by atoms with E-state index >= 15 is 0 Å². The van der Waals surface area contributed by atoms with Gasteiger partial charge in [0.15, 0.2) is 5.89 Å². The Hall–Kier alpha value is -1.36. The lowest BCUT2D eigenvalue weighted by Crippen LogP contribution is -2.27. The molecule has 1 saturated heterocycles. The molecule has 0 bridgehead atoms. The first kappa shape index (κ1) is 11.1. The van der Waals surface area contributed by atoms with Crippen LogP contribution in [0.3, 0.4) is 0 Å². The van der Waals surface area contributed by atoms with Crippen molar-refractivity contribution in [2.45, 2.75) is 25.7 Å². The van der Waals surface area contributed by atoms with E-state index in [-0.39, 0.29) is 5.92 Å². The van der Waals surface area contributed by atoms with Gasteiger partial charge in [-0.2, -0.15) is 0 Å². The molecule has 1 fully saturated rings. The fourth-order valence-electron chi connectivity index (χ4n) is 2.14. The fraction of sp³-hybridized carbons (Fsp3) is 0.636. The summed E-state index contributed by atoms with van der Waals surface area (Å²) in [6, 6.07) is 0. The highest BCUT2D eigenvalue weighted by molar-refractivity contribution is 5.75. The van der Waals surface area contributed by atoms with E-state index in [0.29, 0.717) is 24.8 Å². The molecule has 88 valence electrons. The number of aryl methyl sites for hydroxylation is 1. The summed E-state index contributed by atoms with van der Waals surface area (Å²) in [5.41, 5.74) is 0.525. The zero-order valence-corrected chi connectivity index (χ0v) is 9.18. The molecule has 0 aliphatic carbocycles. The second kappa shape index (κ2) is 4.65. The molecule has 1 aromatic rings. The Balaban J connectivity index is 2.19. The molecule has 0 spiro atoms. The summed E-state index contributed by atoms with van der Waals surface area (Å²) in [6.45, 7) is 2.98. The standard InChI is InChI=1S/C11H15NO4/c1-7-12-9(6-16-7)10(11(13)14)8-2-4-15-5-3-8/h6,8,10H,2-5H2,1H3,(H,13,14). The third kappa shape index (κ3) is 2.24. The highest BCUT2D eigenvalue weighted by Gasteiger charge is 2.33. The first-order valence-corrected chi connectivity index (χ1v) is 5.41. The van der Waals surface area contributed by atoms with Crippen LogP contribution in [0.15, 0.2) is 10.7 Å². The van der Waals surface area contributed by atoms with Gasteiger partial charge in [-0.15, -0.1) is 0 Å². The van der Waals surface area contributed by atoms with E-state index in [1.807, 2.05) is 0 Å². The highest BCUT2D eigenvalue weighted by Crippen LogP contribution is 2.31. The molecule has 0 aromatic carbocycles. The van der Waals surface area contributed by atoms with E-state index in [1.165, 1.54) is 6.26 Å². The van der Waals surface area contributed by atoms with Crippen LogP contribution in [0.5, 0.6) is 0 Å². The van der Waals surface area contributed by atoms with E-state index in [1.54, 1.807) is 6.92 Å². The number of oxazole rings is 1. The number of carbonyl (C=O) groups is 1. The Labute approximate surface area is 93.4 Å². The van der Waals surface area contributed by atoms with Crippen molar-refractivity contribution in [3.05, 3.63) is 17.8 Å². The maximum atomic E-state index is 11.3. The maximum absolute atomic E-state index is 11.3. The molecule has 1 N–H and O–H groups in total. The molecule has 0 amide bonds.